The van der Waals surface area contributed by atoms with Crippen LogP contribution in [0.15, 0.2) is 52.8 Å². The Morgan fingerprint density at radius 2 is 2.20 bits per heavy atom. The predicted molar refractivity (Wildman–Crippen MR) is 82.7 cm³/mol. The van der Waals surface area contributed by atoms with E-state index in [0.29, 0.717) is 0 Å². The van der Waals surface area contributed by atoms with E-state index in [4.69, 9.17) is 11.6 Å². The molecule has 0 saturated heterocycles. The van der Waals surface area contributed by atoms with Gasteiger partial charge in [0.25, 0.3) is 0 Å². The molecule has 0 spiro atoms. The van der Waals surface area contributed by atoms with Crippen molar-refractivity contribution in [1.29, 1.82) is 0 Å². The highest BCUT2D eigenvalue weighted by Gasteiger charge is 2.10. The molecule has 0 aliphatic rings. The van der Waals surface area contributed by atoms with Gasteiger partial charge in [0.05, 0.1) is 11.2 Å². The van der Waals surface area contributed by atoms with E-state index in [0.717, 1.165) is 33.0 Å². The fourth-order valence-corrected chi connectivity index (χ4v) is 3.03. The van der Waals surface area contributed by atoms with Gasteiger partial charge in [0, 0.05) is 23.8 Å². The number of benzene rings is 1. The Kier molecular flexibility index (Phi) is 3.80. The summed E-state index contributed by atoms with van der Waals surface area (Å²) in [6.07, 6.45) is 5.61. The Morgan fingerprint density at radius 3 is 3.00 bits per heavy atom. The Balaban J connectivity index is 2.05. The van der Waals surface area contributed by atoms with Gasteiger partial charge in [-0.05, 0) is 19.1 Å². The van der Waals surface area contributed by atoms with Crippen LogP contribution in [0, 0.1) is 0 Å². The van der Waals surface area contributed by atoms with Crippen molar-refractivity contribution in [2.75, 3.05) is 11.9 Å². The van der Waals surface area contributed by atoms with Crippen molar-refractivity contribution in [2.24, 2.45) is 0 Å². The molecule has 0 saturated carbocycles. The summed E-state index contributed by atoms with van der Waals surface area (Å²) in [6.45, 7) is 2.87. The number of nitrogens with zero attached hydrogens (tertiary/aromatic N) is 3. The SMILES string of the molecule is CCNc1cn2ccnc2c(Sc2ccccc2Cl)n1. The van der Waals surface area contributed by atoms with Crippen LogP contribution in [0.5, 0.6) is 0 Å². The fraction of sp³-hybridized carbons (Fsp3) is 0.143. The topological polar surface area (TPSA) is 42.2 Å². The quantitative estimate of drug-likeness (QED) is 0.792. The highest BCUT2D eigenvalue weighted by Crippen LogP contribution is 2.34. The second-order valence-electron chi connectivity index (χ2n) is 4.15. The molecule has 6 heteroatoms. The highest BCUT2D eigenvalue weighted by molar-refractivity contribution is 7.99. The first kappa shape index (κ1) is 13.3. The van der Waals surface area contributed by atoms with E-state index in [-0.39, 0.29) is 0 Å². The summed E-state index contributed by atoms with van der Waals surface area (Å²) in [5.74, 6) is 0.826. The van der Waals surface area contributed by atoms with Crippen molar-refractivity contribution < 1.29 is 0 Å². The van der Waals surface area contributed by atoms with Gasteiger partial charge in [0.15, 0.2) is 5.65 Å². The number of aromatic nitrogens is 3. The zero-order chi connectivity index (χ0) is 13.9. The average Bonchev–Trinajstić information content (AvgIpc) is 2.90. The summed E-state index contributed by atoms with van der Waals surface area (Å²) in [5.41, 5.74) is 0.830. The van der Waals surface area contributed by atoms with Gasteiger partial charge in [-0.25, -0.2) is 9.97 Å². The van der Waals surface area contributed by atoms with Crippen LogP contribution in [-0.2, 0) is 0 Å². The minimum atomic E-state index is 0.720. The molecule has 3 aromatic rings. The number of hydrogen-bond acceptors (Lipinski definition) is 4. The van der Waals surface area contributed by atoms with Crippen molar-refractivity contribution in [2.45, 2.75) is 16.8 Å². The van der Waals surface area contributed by atoms with Crippen LogP contribution in [0.25, 0.3) is 5.65 Å². The largest absolute Gasteiger partial charge is 0.369 e. The lowest BCUT2D eigenvalue weighted by molar-refractivity contribution is 1.01. The molecule has 0 atom stereocenters. The predicted octanol–water partition coefficient (Wildman–Crippen LogP) is 3.97. The second kappa shape index (κ2) is 5.73. The molecule has 20 heavy (non-hydrogen) atoms. The number of fused-ring (bicyclic) bond motifs is 1. The van der Waals surface area contributed by atoms with E-state index in [2.05, 4.69) is 15.3 Å². The van der Waals surface area contributed by atoms with Crippen molar-refractivity contribution in [3.05, 3.63) is 47.9 Å². The number of rotatable bonds is 4. The maximum Gasteiger partial charge on any atom is 0.170 e. The van der Waals surface area contributed by atoms with Crippen LogP contribution in [0.2, 0.25) is 5.02 Å². The summed E-state index contributed by atoms with van der Waals surface area (Å²) in [4.78, 5) is 9.94. The molecule has 2 aromatic heterocycles. The Hall–Kier alpha value is -1.72. The van der Waals surface area contributed by atoms with Crippen LogP contribution < -0.4 is 5.32 Å². The molecule has 102 valence electrons. The summed E-state index contributed by atoms with van der Waals surface area (Å²) in [7, 11) is 0. The first-order valence-electron chi connectivity index (χ1n) is 6.28. The molecule has 0 amide bonds. The van der Waals surface area contributed by atoms with Crippen molar-refractivity contribution in [3.63, 3.8) is 0 Å². The molecule has 1 aromatic carbocycles. The molecule has 0 bridgehead atoms. The Bertz CT molecular complexity index is 741. The van der Waals surface area contributed by atoms with Crippen LogP contribution in [0.1, 0.15) is 6.92 Å². The maximum atomic E-state index is 6.21. The Morgan fingerprint density at radius 1 is 1.35 bits per heavy atom. The third kappa shape index (κ3) is 2.59. The standard InChI is InChI=1S/C14H13ClN4S/c1-2-16-12-9-19-8-7-17-13(19)14(18-12)20-11-6-4-3-5-10(11)15/h3-9,16H,2H2,1H3. The van der Waals surface area contributed by atoms with Gasteiger partial charge < -0.3 is 9.72 Å². The van der Waals surface area contributed by atoms with Gasteiger partial charge in [-0.15, -0.1) is 0 Å². The molecule has 2 heterocycles. The zero-order valence-electron chi connectivity index (χ0n) is 10.9. The zero-order valence-corrected chi connectivity index (χ0v) is 12.4. The third-order valence-electron chi connectivity index (χ3n) is 2.74. The lowest BCUT2D eigenvalue weighted by atomic mass is 10.4. The van der Waals surface area contributed by atoms with Crippen molar-refractivity contribution >= 4 is 34.8 Å². The summed E-state index contributed by atoms with van der Waals surface area (Å²) < 4.78 is 1.96. The number of anilines is 1. The lowest BCUT2D eigenvalue weighted by Gasteiger charge is -2.08. The molecule has 0 fully saturated rings. The molecule has 4 nitrogen and oxygen atoms in total. The molecule has 3 rings (SSSR count). The third-order valence-corrected chi connectivity index (χ3v) is 4.23. The van der Waals surface area contributed by atoms with Gasteiger partial charge in [0.1, 0.15) is 10.8 Å². The smallest absolute Gasteiger partial charge is 0.170 e. The van der Waals surface area contributed by atoms with Gasteiger partial charge in [-0.2, -0.15) is 0 Å². The van der Waals surface area contributed by atoms with E-state index in [1.165, 1.54) is 11.8 Å². The lowest BCUT2D eigenvalue weighted by Crippen LogP contribution is -2.02. The van der Waals surface area contributed by atoms with Gasteiger partial charge in [-0.3, -0.25) is 0 Å². The number of nitrogens with one attached hydrogen (secondary N) is 1. The normalized spacial score (nSPS) is 10.9. The van der Waals surface area contributed by atoms with Crippen LogP contribution in [0.3, 0.4) is 0 Å². The van der Waals surface area contributed by atoms with Gasteiger partial charge >= 0.3 is 0 Å². The van der Waals surface area contributed by atoms with Gasteiger partial charge in [-0.1, -0.05) is 35.5 Å². The summed E-state index contributed by atoms with van der Waals surface area (Å²) in [5, 5.41) is 4.78. The van der Waals surface area contributed by atoms with Crippen LogP contribution in [0.4, 0.5) is 5.82 Å². The molecule has 0 radical (unpaired) electrons. The van der Waals surface area contributed by atoms with E-state index < -0.39 is 0 Å². The van der Waals surface area contributed by atoms with E-state index >= 15 is 0 Å². The van der Waals surface area contributed by atoms with Crippen molar-refractivity contribution in [1.82, 2.24) is 14.4 Å². The average molecular weight is 305 g/mol. The van der Waals surface area contributed by atoms with E-state index in [1.807, 2.05) is 48.0 Å². The Labute approximate surface area is 126 Å². The summed E-state index contributed by atoms with van der Waals surface area (Å²) >= 11 is 7.73. The highest BCUT2D eigenvalue weighted by atomic mass is 35.5. The monoisotopic (exact) mass is 304 g/mol. The molecule has 0 aliphatic heterocycles. The number of halogens is 1. The molecule has 0 unspecified atom stereocenters. The molecular formula is C14H13ClN4S. The molecule has 0 aliphatic carbocycles. The molecular weight excluding hydrogens is 292 g/mol. The maximum absolute atomic E-state index is 6.21. The van der Waals surface area contributed by atoms with Crippen LogP contribution >= 0.6 is 23.4 Å². The molecule has 1 N–H and O–H groups in total. The summed E-state index contributed by atoms with van der Waals surface area (Å²) in [6, 6.07) is 7.74. The van der Waals surface area contributed by atoms with E-state index in [1.54, 1.807) is 6.20 Å². The van der Waals surface area contributed by atoms with Crippen molar-refractivity contribution in [3.8, 4) is 0 Å². The first-order valence-corrected chi connectivity index (χ1v) is 7.47. The number of hydrogen-bond donors (Lipinski definition) is 1. The van der Waals surface area contributed by atoms with Crippen LogP contribution in [-0.4, -0.2) is 20.9 Å². The van der Waals surface area contributed by atoms with E-state index in [9.17, 15) is 0 Å². The fourth-order valence-electron chi connectivity index (χ4n) is 1.87. The minimum Gasteiger partial charge on any atom is -0.369 e. The first-order chi connectivity index (χ1) is 9.78. The van der Waals surface area contributed by atoms with Gasteiger partial charge in [0.2, 0.25) is 0 Å². The number of imidazole rings is 1. The second-order valence-corrected chi connectivity index (χ2v) is 5.59. The minimum absolute atomic E-state index is 0.720.